The fraction of sp³-hybridized carbons (Fsp3) is 0.357. The van der Waals surface area contributed by atoms with Gasteiger partial charge in [0, 0.05) is 18.7 Å². The van der Waals surface area contributed by atoms with Crippen molar-refractivity contribution in [1.82, 2.24) is 4.90 Å². The summed E-state index contributed by atoms with van der Waals surface area (Å²) in [5, 5.41) is 11.4. The van der Waals surface area contributed by atoms with Gasteiger partial charge in [0.1, 0.15) is 0 Å². The third-order valence-electron chi connectivity index (χ3n) is 3.04. The second-order valence-electron chi connectivity index (χ2n) is 4.82. The van der Waals surface area contributed by atoms with E-state index in [1.54, 1.807) is 29.2 Å². The van der Waals surface area contributed by atoms with Crippen LogP contribution < -0.4 is 5.32 Å². The van der Waals surface area contributed by atoms with Crippen LogP contribution in [0, 0.1) is 17.2 Å². The standard InChI is InChI=1S/C14H15N3O2/c1-10-6-14(19)17(8-10)9-13(18)16-12-4-2-11(7-15)3-5-12/h2-5,10H,6,8-9H2,1H3,(H,16,18). The fourth-order valence-corrected chi connectivity index (χ4v) is 2.12. The summed E-state index contributed by atoms with van der Waals surface area (Å²) < 4.78 is 0. The molecular weight excluding hydrogens is 242 g/mol. The number of amides is 2. The molecule has 5 nitrogen and oxygen atoms in total. The summed E-state index contributed by atoms with van der Waals surface area (Å²) in [7, 11) is 0. The van der Waals surface area contributed by atoms with Gasteiger partial charge in [-0.3, -0.25) is 9.59 Å². The normalized spacial score (nSPS) is 18.2. The monoisotopic (exact) mass is 257 g/mol. The van der Waals surface area contributed by atoms with Crippen LogP contribution in [-0.4, -0.2) is 29.8 Å². The number of hydrogen-bond acceptors (Lipinski definition) is 3. The Bertz CT molecular complexity index is 531. The van der Waals surface area contributed by atoms with Crippen LogP contribution in [-0.2, 0) is 9.59 Å². The molecule has 1 unspecified atom stereocenters. The molecule has 0 aromatic heterocycles. The molecule has 1 atom stereocenters. The van der Waals surface area contributed by atoms with Gasteiger partial charge in [0.15, 0.2) is 0 Å². The molecule has 1 fully saturated rings. The lowest BCUT2D eigenvalue weighted by atomic mass is 10.2. The number of likely N-dealkylation sites (tertiary alicyclic amines) is 1. The van der Waals surface area contributed by atoms with E-state index in [9.17, 15) is 9.59 Å². The number of benzene rings is 1. The van der Waals surface area contributed by atoms with Crippen LogP contribution in [0.15, 0.2) is 24.3 Å². The number of hydrogen-bond donors (Lipinski definition) is 1. The fourth-order valence-electron chi connectivity index (χ4n) is 2.12. The summed E-state index contributed by atoms with van der Waals surface area (Å²) in [6.07, 6.45) is 0.518. The zero-order valence-electron chi connectivity index (χ0n) is 10.7. The number of rotatable bonds is 3. The topological polar surface area (TPSA) is 73.2 Å². The molecule has 0 spiro atoms. The zero-order chi connectivity index (χ0) is 13.8. The Hall–Kier alpha value is -2.35. The van der Waals surface area contributed by atoms with Crippen LogP contribution in [0.25, 0.3) is 0 Å². The van der Waals surface area contributed by atoms with E-state index in [1.807, 2.05) is 13.0 Å². The predicted molar refractivity (Wildman–Crippen MR) is 70.1 cm³/mol. The molecule has 1 heterocycles. The summed E-state index contributed by atoms with van der Waals surface area (Å²) in [5.41, 5.74) is 1.17. The maximum Gasteiger partial charge on any atom is 0.243 e. The van der Waals surface area contributed by atoms with E-state index in [4.69, 9.17) is 5.26 Å². The molecule has 1 aromatic carbocycles. The quantitative estimate of drug-likeness (QED) is 0.888. The van der Waals surface area contributed by atoms with E-state index in [2.05, 4.69) is 5.32 Å². The van der Waals surface area contributed by atoms with E-state index in [1.165, 1.54) is 0 Å². The molecule has 2 rings (SSSR count). The first-order chi connectivity index (χ1) is 9.08. The molecular formula is C14H15N3O2. The Morgan fingerprint density at radius 1 is 1.47 bits per heavy atom. The summed E-state index contributed by atoms with van der Waals surface area (Å²) >= 11 is 0. The van der Waals surface area contributed by atoms with Crippen molar-refractivity contribution in [2.75, 3.05) is 18.4 Å². The van der Waals surface area contributed by atoms with Crippen LogP contribution in [0.4, 0.5) is 5.69 Å². The largest absolute Gasteiger partial charge is 0.333 e. The number of nitrogens with zero attached hydrogens (tertiary/aromatic N) is 2. The average Bonchev–Trinajstić information content (AvgIpc) is 2.68. The van der Waals surface area contributed by atoms with Crippen molar-refractivity contribution >= 4 is 17.5 Å². The molecule has 1 N–H and O–H groups in total. The third-order valence-corrected chi connectivity index (χ3v) is 3.04. The van der Waals surface area contributed by atoms with Gasteiger partial charge < -0.3 is 10.2 Å². The van der Waals surface area contributed by atoms with Crippen LogP contribution in [0.3, 0.4) is 0 Å². The van der Waals surface area contributed by atoms with Crippen molar-refractivity contribution in [1.29, 1.82) is 5.26 Å². The van der Waals surface area contributed by atoms with Gasteiger partial charge in [-0.25, -0.2) is 0 Å². The first-order valence-electron chi connectivity index (χ1n) is 6.16. The van der Waals surface area contributed by atoms with Gasteiger partial charge in [0.05, 0.1) is 18.2 Å². The van der Waals surface area contributed by atoms with Crippen molar-refractivity contribution in [3.05, 3.63) is 29.8 Å². The van der Waals surface area contributed by atoms with Crippen molar-refractivity contribution in [2.45, 2.75) is 13.3 Å². The number of carbonyl (C=O) groups excluding carboxylic acids is 2. The Balaban J connectivity index is 1.90. The summed E-state index contributed by atoms with van der Waals surface area (Å²) in [4.78, 5) is 24.9. The summed E-state index contributed by atoms with van der Waals surface area (Å²) in [6, 6.07) is 8.63. The molecule has 1 aliphatic rings. The highest BCUT2D eigenvalue weighted by Crippen LogP contribution is 2.16. The highest BCUT2D eigenvalue weighted by Gasteiger charge is 2.27. The van der Waals surface area contributed by atoms with Crippen LogP contribution >= 0.6 is 0 Å². The van der Waals surface area contributed by atoms with Gasteiger partial charge in [-0.1, -0.05) is 6.92 Å². The number of nitriles is 1. The second-order valence-corrected chi connectivity index (χ2v) is 4.82. The average molecular weight is 257 g/mol. The Morgan fingerprint density at radius 3 is 2.68 bits per heavy atom. The van der Waals surface area contributed by atoms with E-state index < -0.39 is 0 Å². The number of carbonyl (C=O) groups is 2. The van der Waals surface area contributed by atoms with Crippen molar-refractivity contribution in [3.8, 4) is 6.07 Å². The first kappa shape index (κ1) is 13.1. The minimum atomic E-state index is -0.216. The van der Waals surface area contributed by atoms with Gasteiger partial charge in [0.2, 0.25) is 11.8 Å². The Kier molecular flexibility index (Phi) is 3.81. The number of anilines is 1. The summed E-state index contributed by atoms with van der Waals surface area (Å²) in [5.74, 6) is 0.129. The van der Waals surface area contributed by atoms with E-state index in [0.717, 1.165) is 0 Å². The second kappa shape index (κ2) is 5.53. The molecule has 0 aliphatic carbocycles. The highest BCUT2D eigenvalue weighted by atomic mass is 16.2. The minimum absolute atomic E-state index is 0.0301. The lowest BCUT2D eigenvalue weighted by Crippen LogP contribution is -2.34. The lowest BCUT2D eigenvalue weighted by Gasteiger charge is -2.15. The molecule has 2 amide bonds. The van der Waals surface area contributed by atoms with Crippen molar-refractivity contribution in [2.24, 2.45) is 5.92 Å². The number of nitrogens with one attached hydrogen (secondary N) is 1. The van der Waals surface area contributed by atoms with E-state index in [0.29, 0.717) is 30.1 Å². The van der Waals surface area contributed by atoms with Crippen LogP contribution in [0.2, 0.25) is 0 Å². The first-order valence-corrected chi connectivity index (χ1v) is 6.16. The molecule has 0 bridgehead atoms. The summed E-state index contributed by atoms with van der Waals surface area (Å²) in [6.45, 7) is 2.72. The van der Waals surface area contributed by atoms with Crippen LogP contribution in [0.1, 0.15) is 18.9 Å². The minimum Gasteiger partial charge on any atom is -0.333 e. The molecule has 5 heteroatoms. The van der Waals surface area contributed by atoms with Crippen LogP contribution in [0.5, 0.6) is 0 Å². The van der Waals surface area contributed by atoms with Gasteiger partial charge in [-0.05, 0) is 30.2 Å². The van der Waals surface area contributed by atoms with Gasteiger partial charge in [-0.15, -0.1) is 0 Å². The maximum absolute atomic E-state index is 11.8. The van der Waals surface area contributed by atoms with E-state index >= 15 is 0 Å². The van der Waals surface area contributed by atoms with Crippen molar-refractivity contribution < 1.29 is 9.59 Å². The Morgan fingerprint density at radius 2 is 2.16 bits per heavy atom. The third kappa shape index (κ3) is 3.32. The zero-order valence-corrected chi connectivity index (χ0v) is 10.7. The molecule has 0 radical (unpaired) electrons. The van der Waals surface area contributed by atoms with Gasteiger partial charge in [-0.2, -0.15) is 5.26 Å². The molecule has 1 aliphatic heterocycles. The van der Waals surface area contributed by atoms with Gasteiger partial charge in [0.25, 0.3) is 0 Å². The molecule has 19 heavy (non-hydrogen) atoms. The highest BCUT2D eigenvalue weighted by molar-refractivity contribution is 5.94. The SMILES string of the molecule is CC1CC(=O)N(CC(=O)Nc2ccc(C#N)cc2)C1. The van der Waals surface area contributed by atoms with E-state index in [-0.39, 0.29) is 18.4 Å². The van der Waals surface area contributed by atoms with Crippen molar-refractivity contribution in [3.63, 3.8) is 0 Å². The maximum atomic E-state index is 11.8. The molecule has 0 saturated carbocycles. The van der Waals surface area contributed by atoms with Gasteiger partial charge >= 0.3 is 0 Å². The molecule has 98 valence electrons. The predicted octanol–water partition coefficient (Wildman–Crippen LogP) is 1.37. The molecule has 1 aromatic rings. The smallest absolute Gasteiger partial charge is 0.243 e. The molecule has 1 saturated heterocycles. The lowest BCUT2D eigenvalue weighted by molar-refractivity contribution is -0.131. The Labute approximate surface area is 111 Å².